The number of hydrogen-bond acceptors (Lipinski definition) is 4. The highest BCUT2D eigenvalue weighted by Crippen LogP contribution is 2.26. The number of anilines is 1. The van der Waals surface area contributed by atoms with Gasteiger partial charge in [-0.1, -0.05) is 20.8 Å². The summed E-state index contributed by atoms with van der Waals surface area (Å²) in [5.41, 5.74) is 1.02. The summed E-state index contributed by atoms with van der Waals surface area (Å²) in [5.74, 6) is 0. The lowest BCUT2D eigenvalue weighted by Gasteiger charge is -2.14. The number of carbonyl (C=O) groups is 1. The monoisotopic (exact) mass is 268 g/mol. The fourth-order valence-corrected chi connectivity index (χ4v) is 2.70. The van der Waals surface area contributed by atoms with Crippen molar-refractivity contribution in [2.45, 2.75) is 38.6 Å². The Bertz CT molecular complexity index is 418. The zero-order chi connectivity index (χ0) is 13.2. The molecule has 0 radical (unpaired) electrons. The van der Waals surface area contributed by atoms with Crippen LogP contribution in [0.2, 0.25) is 0 Å². The molecule has 0 aromatic carbocycles. The third kappa shape index (κ3) is 3.43. The van der Waals surface area contributed by atoms with Crippen molar-refractivity contribution in [1.29, 1.82) is 0 Å². The topological polar surface area (TPSA) is 66.1 Å². The average Bonchev–Trinajstić information content (AvgIpc) is 2.87. The highest BCUT2D eigenvalue weighted by Gasteiger charge is 2.19. The van der Waals surface area contributed by atoms with Crippen LogP contribution < -0.4 is 16.0 Å². The van der Waals surface area contributed by atoms with E-state index in [-0.39, 0.29) is 17.5 Å². The summed E-state index contributed by atoms with van der Waals surface area (Å²) < 4.78 is 0. The van der Waals surface area contributed by atoms with Crippen LogP contribution >= 0.6 is 11.3 Å². The van der Waals surface area contributed by atoms with Crippen molar-refractivity contribution in [2.24, 2.45) is 0 Å². The molecule has 5 nitrogen and oxygen atoms in total. The van der Waals surface area contributed by atoms with Crippen molar-refractivity contribution < 1.29 is 4.79 Å². The highest BCUT2D eigenvalue weighted by molar-refractivity contribution is 7.13. The molecular formula is C12H20N4OS. The number of thiazole rings is 1. The summed E-state index contributed by atoms with van der Waals surface area (Å²) in [6, 6.07) is 0.0607. The lowest BCUT2D eigenvalue weighted by molar-refractivity contribution is 0.249. The van der Waals surface area contributed by atoms with E-state index in [1.807, 2.05) is 5.38 Å². The second kappa shape index (κ2) is 5.24. The third-order valence-electron chi connectivity index (χ3n) is 2.89. The van der Waals surface area contributed by atoms with E-state index in [1.54, 1.807) is 0 Å². The van der Waals surface area contributed by atoms with Gasteiger partial charge in [-0.2, -0.15) is 0 Å². The van der Waals surface area contributed by atoms with E-state index in [9.17, 15) is 4.79 Å². The zero-order valence-corrected chi connectivity index (χ0v) is 11.9. The van der Waals surface area contributed by atoms with E-state index in [4.69, 9.17) is 0 Å². The van der Waals surface area contributed by atoms with Crippen LogP contribution in [0.4, 0.5) is 9.93 Å². The van der Waals surface area contributed by atoms with Crippen molar-refractivity contribution in [2.75, 3.05) is 18.4 Å². The van der Waals surface area contributed by atoms with E-state index in [0.29, 0.717) is 5.13 Å². The molecule has 0 spiro atoms. The molecule has 3 N–H and O–H groups in total. The van der Waals surface area contributed by atoms with E-state index < -0.39 is 0 Å². The van der Waals surface area contributed by atoms with Crippen molar-refractivity contribution >= 4 is 22.5 Å². The van der Waals surface area contributed by atoms with Gasteiger partial charge >= 0.3 is 6.03 Å². The molecule has 2 heterocycles. The standard InChI is InChI=1S/C12H20N4OS/c1-12(2,3)9-7-18-11(15-9)16-10(17)14-8-4-5-13-6-8/h7-8,13H,4-6H2,1-3H3,(H2,14,15,16,17)/t8-/m1/s1. The summed E-state index contributed by atoms with van der Waals surface area (Å²) in [6.07, 6.45) is 0.985. The van der Waals surface area contributed by atoms with Crippen LogP contribution in [0.3, 0.4) is 0 Å². The fraction of sp³-hybridized carbons (Fsp3) is 0.667. The summed E-state index contributed by atoms with van der Waals surface area (Å²) in [4.78, 5) is 16.2. The molecule has 0 saturated carbocycles. The molecule has 1 aromatic rings. The van der Waals surface area contributed by atoms with Gasteiger partial charge in [0.15, 0.2) is 5.13 Å². The summed E-state index contributed by atoms with van der Waals surface area (Å²) in [5, 5.41) is 11.6. The molecular weight excluding hydrogens is 248 g/mol. The van der Waals surface area contributed by atoms with Gasteiger partial charge in [0.2, 0.25) is 0 Å². The predicted octanol–water partition coefficient (Wildman–Crippen LogP) is 1.92. The Morgan fingerprint density at radius 3 is 2.89 bits per heavy atom. The number of aromatic nitrogens is 1. The molecule has 0 aliphatic carbocycles. The second-order valence-electron chi connectivity index (χ2n) is 5.58. The van der Waals surface area contributed by atoms with Gasteiger partial charge in [0.1, 0.15) is 0 Å². The van der Waals surface area contributed by atoms with Gasteiger partial charge < -0.3 is 10.6 Å². The minimum atomic E-state index is -0.168. The average molecular weight is 268 g/mol. The van der Waals surface area contributed by atoms with Crippen LogP contribution in [0.1, 0.15) is 32.9 Å². The van der Waals surface area contributed by atoms with Crippen molar-refractivity contribution in [1.82, 2.24) is 15.6 Å². The molecule has 1 aromatic heterocycles. The SMILES string of the molecule is CC(C)(C)c1csc(NC(=O)N[C@@H]2CCNC2)n1. The number of nitrogens with zero attached hydrogens (tertiary/aromatic N) is 1. The number of carbonyl (C=O) groups excluding carboxylic acids is 1. The number of hydrogen-bond donors (Lipinski definition) is 3. The molecule has 0 unspecified atom stereocenters. The largest absolute Gasteiger partial charge is 0.334 e. The van der Waals surface area contributed by atoms with Gasteiger partial charge in [-0.25, -0.2) is 9.78 Å². The van der Waals surface area contributed by atoms with Gasteiger partial charge in [-0.3, -0.25) is 5.32 Å². The first kappa shape index (κ1) is 13.3. The first-order chi connectivity index (χ1) is 8.45. The van der Waals surface area contributed by atoms with Crippen molar-refractivity contribution in [3.63, 3.8) is 0 Å². The molecule has 0 bridgehead atoms. The highest BCUT2D eigenvalue weighted by atomic mass is 32.1. The number of amides is 2. The van der Waals surface area contributed by atoms with E-state index in [0.717, 1.165) is 25.2 Å². The lowest BCUT2D eigenvalue weighted by atomic mass is 9.93. The number of urea groups is 1. The molecule has 1 aliphatic rings. The van der Waals surface area contributed by atoms with Gasteiger partial charge in [-0.15, -0.1) is 11.3 Å². The molecule has 1 saturated heterocycles. The Labute approximate surface area is 111 Å². The summed E-state index contributed by atoms with van der Waals surface area (Å²) in [7, 11) is 0. The minimum absolute atomic E-state index is 0.0161. The normalized spacial score (nSPS) is 19.8. The maximum Gasteiger partial charge on any atom is 0.321 e. The molecule has 18 heavy (non-hydrogen) atoms. The van der Waals surface area contributed by atoms with Gasteiger partial charge in [0.25, 0.3) is 0 Å². The van der Waals surface area contributed by atoms with E-state index in [2.05, 4.69) is 41.7 Å². The fourth-order valence-electron chi connectivity index (χ4n) is 1.77. The summed E-state index contributed by atoms with van der Waals surface area (Å²) >= 11 is 1.46. The van der Waals surface area contributed by atoms with Crippen LogP contribution in [0.15, 0.2) is 5.38 Å². The molecule has 1 fully saturated rings. The molecule has 1 atom stereocenters. The Morgan fingerprint density at radius 1 is 1.56 bits per heavy atom. The lowest BCUT2D eigenvalue weighted by Crippen LogP contribution is -2.39. The zero-order valence-electron chi connectivity index (χ0n) is 11.0. The van der Waals surface area contributed by atoms with Crippen molar-refractivity contribution in [3.05, 3.63) is 11.1 Å². The van der Waals surface area contributed by atoms with E-state index >= 15 is 0 Å². The Kier molecular flexibility index (Phi) is 3.87. The number of nitrogens with one attached hydrogen (secondary N) is 3. The summed E-state index contributed by atoms with van der Waals surface area (Å²) in [6.45, 7) is 8.14. The molecule has 2 amide bonds. The Balaban J connectivity index is 1.88. The Morgan fingerprint density at radius 2 is 2.33 bits per heavy atom. The van der Waals surface area contributed by atoms with Crippen LogP contribution in [-0.2, 0) is 5.41 Å². The van der Waals surface area contributed by atoms with Crippen LogP contribution in [0.5, 0.6) is 0 Å². The van der Waals surface area contributed by atoms with Crippen LogP contribution in [0, 0.1) is 0 Å². The third-order valence-corrected chi connectivity index (χ3v) is 3.65. The maximum absolute atomic E-state index is 11.7. The maximum atomic E-state index is 11.7. The minimum Gasteiger partial charge on any atom is -0.334 e. The van der Waals surface area contributed by atoms with Crippen LogP contribution in [0.25, 0.3) is 0 Å². The Hall–Kier alpha value is -1.14. The smallest absolute Gasteiger partial charge is 0.321 e. The first-order valence-electron chi connectivity index (χ1n) is 6.19. The molecule has 100 valence electrons. The quantitative estimate of drug-likeness (QED) is 0.768. The van der Waals surface area contributed by atoms with Gasteiger partial charge in [0.05, 0.1) is 5.69 Å². The van der Waals surface area contributed by atoms with Crippen LogP contribution in [-0.4, -0.2) is 30.1 Å². The van der Waals surface area contributed by atoms with E-state index in [1.165, 1.54) is 11.3 Å². The van der Waals surface area contributed by atoms with Gasteiger partial charge in [0, 0.05) is 23.4 Å². The second-order valence-corrected chi connectivity index (χ2v) is 6.43. The molecule has 1 aliphatic heterocycles. The first-order valence-corrected chi connectivity index (χ1v) is 7.07. The van der Waals surface area contributed by atoms with Crippen molar-refractivity contribution in [3.8, 4) is 0 Å². The van der Waals surface area contributed by atoms with Gasteiger partial charge in [-0.05, 0) is 13.0 Å². The molecule has 6 heteroatoms. The molecule has 2 rings (SSSR count). The predicted molar refractivity (Wildman–Crippen MR) is 74.2 cm³/mol. The number of rotatable bonds is 2.